The molecule has 0 fully saturated rings. The summed E-state index contributed by atoms with van der Waals surface area (Å²) in [6.45, 7) is 3.03. The third kappa shape index (κ3) is 4.82. The summed E-state index contributed by atoms with van der Waals surface area (Å²) in [6.07, 6.45) is 2.96. The van der Waals surface area contributed by atoms with Crippen LogP contribution in [0.2, 0.25) is 0 Å². The lowest BCUT2D eigenvalue weighted by atomic mass is 10.0. The number of aryl methyl sites for hydroxylation is 2. The van der Waals surface area contributed by atoms with Crippen molar-refractivity contribution in [2.75, 3.05) is 18.0 Å². The van der Waals surface area contributed by atoms with E-state index in [4.69, 9.17) is 0 Å². The molecular weight excluding hydrogens is 340 g/mol. The van der Waals surface area contributed by atoms with E-state index in [1.54, 1.807) is 11.0 Å². The number of carbonyl (C=O) groups excluding carboxylic acids is 3. The van der Waals surface area contributed by atoms with Gasteiger partial charge in [0.15, 0.2) is 5.78 Å². The van der Waals surface area contributed by atoms with Crippen molar-refractivity contribution in [1.82, 2.24) is 5.32 Å². The molecule has 3 rings (SSSR count). The van der Waals surface area contributed by atoms with Gasteiger partial charge in [-0.3, -0.25) is 14.4 Å². The molecule has 1 aliphatic heterocycles. The lowest BCUT2D eigenvalue weighted by Crippen LogP contribution is -2.26. The van der Waals surface area contributed by atoms with Crippen LogP contribution in [0.15, 0.2) is 42.5 Å². The van der Waals surface area contributed by atoms with Gasteiger partial charge in [-0.2, -0.15) is 0 Å². The minimum atomic E-state index is -0.0426. The number of ketones is 1. The molecule has 5 nitrogen and oxygen atoms in total. The first-order chi connectivity index (χ1) is 13.1. The average Bonchev–Trinajstić information content (AvgIpc) is 3.09. The highest BCUT2D eigenvalue weighted by atomic mass is 16.2. The van der Waals surface area contributed by atoms with E-state index in [0.29, 0.717) is 31.5 Å². The average molecular weight is 364 g/mol. The van der Waals surface area contributed by atoms with Crippen molar-refractivity contribution >= 4 is 23.8 Å². The first kappa shape index (κ1) is 18.8. The number of anilines is 1. The Morgan fingerprint density at radius 3 is 2.63 bits per heavy atom. The minimum absolute atomic E-state index is 0.00110. The van der Waals surface area contributed by atoms with Gasteiger partial charge >= 0.3 is 0 Å². The summed E-state index contributed by atoms with van der Waals surface area (Å²) in [6, 6.07) is 13.6. The molecule has 0 atom stereocenters. The maximum Gasteiger partial charge on any atom is 0.220 e. The highest BCUT2D eigenvalue weighted by molar-refractivity contribution is 5.97. The number of hydrogen-bond acceptors (Lipinski definition) is 3. The van der Waals surface area contributed by atoms with E-state index in [1.807, 2.05) is 43.3 Å². The largest absolute Gasteiger partial charge is 0.356 e. The molecule has 1 N–H and O–H groups in total. The van der Waals surface area contributed by atoms with Crippen molar-refractivity contribution in [3.05, 3.63) is 64.7 Å². The van der Waals surface area contributed by atoms with Crippen molar-refractivity contribution in [3.8, 4) is 0 Å². The summed E-state index contributed by atoms with van der Waals surface area (Å²) in [5, 5.41) is 2.82. The number of rotatable bonds is 8. The van der Waals surface area contributed by atoms with Crippen LogP contribution in [0.1, 0.15) is 39.9 Å². The molecule has 0 radical (unpaired) electrons. The molecule has 27 heavy (non-hydrogen) atoms. The third-order valence-corrected chi connectivity index (χ3v) is 4.90. The van der Waals surface area contributed by atoms with Gasteiger partial charge < -0.3 is 10.2 Å². The predicted molar refractivity (Wildman–Crippen MR) is 105 cm³/mol. The second-order valence-corrected chi connectivity index (χ2v) is 6.90. The number of benzene rings is 2. The normalized spacial score (nSPS) is 12.6. The topological polar surface area (TPSA) is 66.5 Å². The molecule has 1 heterocycles. The quantitative estimate of drug-likeness (QED) is 0.579. The second kappa shape index (κ2) is 8.62. The van der Waals surface area contributed by atoms with Crippen LogP contribution >= 0.6 is 0 Å². The SMILES string of the molecule is Cc1ccc(CCC(=O)NCCC(=O)c2ccc3c(c2)CCN3C=O)cc1. The maximum absolute atomic E-state index is 12.4. The fourth-order valence-electron chi connectivity index (χ4n) is 3.27. The molecule has 1 aliphatic rings. The van der Waals surface area contributed by atoms with Gasteiger partial charge in [-0.1, -0.05) is 29.8 Å². The summed E-state index contributed by atoms with van der Waals surface area (Å²) >= 11 is 0. The predicted octanol–water partition coefficient (Wildman–Crippen LogP) is 2.84. The summed E-state index contributed by atoms with van der Waals surface area (Å²) in [7, 11) is 0. The monoisotopic (exact) mass is 364 g/mol. The highest BCUT2D eigenvalue weighted by Gasteiger charge is 2.19. The summed E-state index contributed by atoms with van der Waals surface area (Å²) < 4.78 is 0. The third-order valence-electron chi connectivity index (χ3n) is 4.90. The van der Waals surface area contributed by atoms with Gasteiger partial charge in [0.25, 0.3) is 0 Å². The molecule has 0 saturated heterocycles. The van der Waals surface area contributed by atoms with Crippen LogP contribution < -0.4 is 10.2 Å². The zero-order valence-electron chi connectivity index (χ0n) is 15.5. The van der Waals surface area contributed by atoms with Crippen LogP contribution in [-0.2, 0) is 22.4 Å². The van der Waals surface area contributed by atoms with E-state index in [1.165, 1.54) is 5.56 Å². The van der Waals surface area contributed by atoms with Gasteiger partial charge in [0.05, 0.1) is 0 Å². The Morgan fingerprint density at radius 2 is 1.89 bits per heavy atom. The molecule has 0 bridgehead atoms. The van der Waals surface area contributed by atoms with Gasteiger partial charge in [0.2, 0.25) is 12.3 Å². The van der Waals surface area contributed by atoms with E-state index in [-0.39, 0.29) is 18.1 Å². The Hall–Kier alpha value is -2.95. The second-order valence-electron chi connectivity index (χ2n) is 6.90. The van der Waals surface area contributed by atoms with Crippen molar-refractivity contribution in [3.63, 3.8) is 0 Å². The van der Waals surface area contributed by atoms with E-state index in [0.717, 1.165) is 29.6 Å². The van der Waals surface area contributed by atoms with Crippen LogP contribution in [0.5, 0.6) is 0 Å². The lowest BCUT2D eigenvalue weighted by molar-refractivity contribution is -0.121. The van der Waals surface area contributed by atoms with Crippen LogP contribution in [-0.4, -0.2) is 31.2 Å². The van der Waals surface area contributed by atoms with Gasteiger partial charge in [-0.25, -0.2) is 0 Å². The summed E-state index contributed by atoms with van der Waals surface area (Å²) in [5.74, 6) is -0.0415. The molecule has 0 aliphatic carbocycles. The number of nitrogens with one attached hydrogen (secondary N) is 1. The van der Waals surface area contributed by atoms with Crippen LogP contribution in [0, 0.1) is 6.92 Å². The fraction of sp³-hybridized carbons (Fsp3) is 0.318. The number of hydrogen-bond donors (Lipinski definition) is 1. The summed E-state index contributed by atoms with van der Waals surface area (Å²) in [5.41, 5.74) is 4.87. The van der Waals surface area contributed by atoms with E-state index >= 15 is 0 Å². The highest BCUT2D eigenvalue weighted by Crippen LogP contribution is 2.27. The Balaban J connectivity index is 1.43. The molecule has 5 heteroatoms. The molecule has 0 aromatic heterocycles. The van der Waals surface area contributed by atoms with E-state index in [9.17, 15) is 14.4 Å². The Morgan fingerprint density at radius 1 is 1.11 bits per heavy atom. The Labute approximate surface area is 159 Å². The van der Waals surface area contributed by atoms with E-state index in [2.05, 4.69) is 5.32 Å². The smallest absolute Gasteiger partial charge is 0.220 e. The molecule has 2 amide bonds. The van der Waals surface area contributed by atoms with Gasteiger partial charge in [-0.05, 0) is 49.1 Å². The van der Waals surface area contributed by atoms with Crippen molar-refractivity contribution in [2.24, 2.45) is 0 Å². The van der Waals surface area contributed by atoms with Crippen LogP contribution in [0.4, 0.5) is 5.69 Å². The molecule has 0 unspecified atom stereocenters. The molecular formula is C22H24N2O3. The van der Waals surface area contributed by atoms with Crippen molar-refractivity contribution < 1.29 is 14.4 Å². The van der Waals surface area contributed by atoms with Gasteiger partial charge in [0, 0.05) is 37.2 Å². The van der Waals surface area contributed by atoms with Crippen molar-refractivity contribution in [1.29, 1.82) is 0 Å². The molecule has 0 spiro atoms. The number of carbonyl (C=O) groups is 3. The van der Waals surface area contributed by atoms with Crippen LogP contribution in [0.25, 0.3) is 0 Å². The molecule has 0 saturated carbocycles. The standard InChI is InChI=1S/C22H24N2O3/c1-16-2-4-17(5-3-16)6-9-22(27)23-12-10-21(26)19-7-8-20-18(14-19)11-13-24(20)15-25/h2-5,7-8,14-15H,6,9-13H2,1H3,(H,23,27). The number of amides is 2. The number of fused-ring (bicyclic) bond motifs is 1. The van der Waals surface area contributed by atoms with Crippen molar-refractivity contribution in [2.45, 2.75) is 32.6 Å². The molecule has 2 aromatic rings. The zero-order valence-corrected chi connectivity index (χ0v) is 15.5. The lowest BCUT2D eigenvalue weighted by Gasteiger charge is -2.10. The first-order valence-corrected chi connectivity index (χ1v) is 9.27. The fourth-order valence-corrected chi connectivity index (χ4v) is 3.27. The maximum atomic E-state index is 12.4. The van der Waals surface area contributed by atoms with Crippen LogP contribution in [0.3, 0.4) is 0 Å². The molecule has 2 aromatic carbocycles. The van der Waals surface area contributed by atoms with Gasteiger partial charge in [-0.15, -0.1) is 0 Å². The molecule has 140 valence electrons. The zero-order chi connectivity index (χ0) is 19.2. The summed E-state index contributed by atoms with van der Waals surface area (Å²) in [4.78, 5) is 36.9. The number of Topliss-reactive ketones (excluding diaryl/α,β-unsaturated/α-hetero) is 1. The minimum Gasteiger partial charge on any atom is -0.356 e. The number of nitrogens with zero attached hydrogens (tertiary/aromatic N) is 1. The Bertz CT molecular complexity index is 843. The first-order valence-electron chi connectivity index (χ1n) is 9.27. The van der Waals surface area contributed by atoms with E-state index < -0.39 is 0 Å². The Kier molecular flexibility index (Phi) is 6.01. The van der Waals surface area contributed by atoms with Gasteiger partial charge in [0.1, 0.15) is 0 Å².